The number of para-hydroxylation sites is 1. The second-order valence-corrected chi connectivity index (χ2v) is 6.04. The highest BCUT2D eigenvalue weighted by molar-refractivity contribution is 6.47. The summed E-state index contributed by atoms with van der Waals surface area (Å²) in [7, 11) is 0. The van der Waals surface area contributed by atoms with Crippen molar-refractivity contribution in [3.8, 4) is 0 Å². The molecular formula is C19H16ClNO4. The number of amides is 1. The molecule has 2 aromatic carbocycles. The molecule has 0 saturated carbocycles. The Morgan fingerprint density at radius 3 is 2.32 bits per heavy atom. The highest BCUT2D eigenvalue weighted by atomic mass is 35.5. The number of ketones is 1. The molecule has 2 aromatic rings. The van der Waals surface area contributed by atoms with Gasteiger partial charge in [0.2, 0.25) is 5.78 Å². The number of nitrogens with zero attached hydrogens (tertiary/aromatic N) is 1. The number of halogens is 1. The fourth-order valence-electron chi connectivity index (χ4n) is 3.01. The monoisotopic (exact) mass is 357 g/mol. The van der Waals surface area contributed by atoms with Gasteiger partial charge in [0.1, 0.15) is 5.92 Å². The topological polar surface area (TPSA) is 63.7 Å². The third-order valence-corrected chi connectivity index (χ3v) is 4.34. The van der Waals surface area contributed by atoms with E-state index in [-0.39, 0.29) is 6.61 Å². The van der Waals surface area contributed by atoms with Crippen LogP contribution in [0.25, 0.3) is 0 Å². The van der Waals surface area contributed by atoms with Crippen LogP contribution in [0.1, 0.15) is 18.5 Å². The van der Waals surface area contributed by atoms with Crippen molar-refractivity contribution in [1.82, 2.24) is 0 Å². The first-order valence-electron chi connectivity index (χ1n) is 7.89. The summed E-state index contributed by atoms with van der Waals surface area (Å²) in [5, 5.41) is 0.526. The number of anilines is 1. The van der Waals surface area contributed by atoms with E-state index in [0.29, 0.717) is 16.3 Å². The van der Waals surface area contributed by atoms with Crippen molar-refractivity contribution >= 4 is 34.9 Å². The van der Waals surface area contributed by atoms with E-state index in [4.69, 9.17) is 16.3 Å². The Morgan fingerprint density at radius 1 is 1.08 bits per heavy atom. The van der Waals surface area contributed by atoms with E-state index in [9.17, 15) is 14.4 Å². The van der Waals surface area contributed by atoms with Crippen LogP contribution >= 0.6 is 11.6 Å². The van der Waals surface area contributed by atoms with Crippen molar-refractivity contribution in [1.29, 1.82) is 0 Å². The van der Waals surface area contributed by atoms with E-state index in [1.54, 1.807) is 55.5 Å². The van der Waals surface area contributed by atoms with Gasteiger partial charge < -0.3 is 4.74 Å². The van der Waals surface area contributed by atoms with Crippen LogP contribution in [-0.4, -0.2) is 24.3 Å². The quantitative estimate of drug-likeness (QED) is 0.479. The number of esters is 1. The lowest BCUT2D eigenvalue weighted by Crippen LogP contribution is -2.31. The molecule has 0 aliphatic carbocycles. The van der Waals surface area contributed by atoms with E-state index in [1.165, 1.54) is 4.90 Å². The van der Waals surface area contributed by atoms with Crippen LogP contribution in [-0.2, 0) is 19.1 Å². The predicted octanol–water partition coefficient (Wildman–Crippen LogP) is 3.18. The zero-order valence-corrected chi connectivity index (χ0v) is 14.3. The maximum absolute atomic E-state index is 12.6. The van der Waals surface area contributed by atoms with Gasteiger partial charge in [0.15, 0.2) is 0 Å². The number of hydrogen-bond acceptors (Lipinski definition) is 4. The van der Waals surface area contributed by atoms with Crippen LogP contribution in [0.3, 0.4) is 0 Å². The molecule has 0 aromatic heterocycles. The number of rotatable bonds is 4. The van der Waals surface area contributed by atoms with Crippen LogP contribution in [0, 0.1) is 5.92 Å². The molecule has 6 heteroatoms. The molecule has 3 rings (SSSR count). The number of benzene rings is 2. The summed E-state index contributed by atoms with van der Waals surface area (Å²) in [6, 6.07) is 14.8. The van der Waals surface area contributed by atoms with Crippen molar-refractivity contribution in [2.24, 2.45) is 5.92 Å². The highest BCUT2D eigenvalue weighted by Crippen LogP contribution is 2.40. The van der Waals surface area contributed by atoms with Gasteiger partial charge >= 0.3 is 5.97 Å². The molecule has 128 valence electrons. The Morgan fingerprint density at radius 2 is 1.72 bits per heavy atom. The van der Waals surface area contributed by atoms with Crippen LogP contribution in [0.2, 0.25) is 5.02 Å². The summed E-state index contributed by atoms with van der Waals surface area (Å²) in [6.07, 6.45) is 0. The average molecular weight is 358 g/mol. The largest absolute Gasteiger partial charge is 0.465 e. The van der Waals surface area contributed by atoms with Crippen LogP contribution in [0.4, 0.5) is 5.69 Å². The molecule has 1 aliphatic rings. The summed E-state index contributed by atoms with van der Waals surface area (Å²) < 4.78 is 5.04. The summed E-state index contributed by atoms with van der Waals surface area (Å²) in [4.78, 5) is 38.9. The summed E-state index contributed by atoms with van der Waals surface area (Å²) in [6.45, 7) is 1.79. The van der Waals surface area contributed by atoms with Crippen molar-refractivity contribution in [2.45, 2.75) is 13.0 Å². The SMILES string of the molecule is CCOC(=O)[C@H]1C(=O)C(=O)N(c2ccccc2)[C@@H]1c1ccc(Cl)cc1. The van der Waals surface area contributed by atoms with Gasteiger partial charge in [-0.2, -0.15) is 0 Å². The lowest BCUT2D eigenvalue weighted by atomic mass is 9.92. The molecule has 0 spiro atoms. The van der Waals surface area contributed by atoms with Crippen LogP contribution in [0.15, 0.2) is 54.6 Å². The van der Waals surface area contributed by atoms with E-state index < -0.39 is 29.6 Å². The van der Waals surface area contributed by atoms with Gasteiger partial charge in [0, 0.05) is 10.7 Å². The first-order chi connectivity index (χ1) is 12.0. The minimum atomic E-state index is -1.20. The molecule has 5 nitrogen and oxygen atoms in total. The van der Waals surface area contributed by atoms with E-state index in [2.05, 4.69) is 0 Å². The van der Waals surface area contributed by atoms with Crippen molar-refractivity contribution < 1.29 is 19.1 Å². The lowest BCUT2D eigenvalue weighted by molar-refractivity contribution is -0.152. The molecule has 1 fully saturated rings. The standard InChI is InChI=1S/C19H16ClNO4/c1-2-25-19(24)15-16(12-8-10-13(20)11-9-12)21(18(23)17(15)22)14-6-4-3-5-7-14/h3-11,15-16H,2H2,1H3/t15-,16-/m1/s1. The molecule has 0 unspecified atom stereocenters. The maximum atomic E-state index is 12.6. The second-order valence-electron chi connectivity index (χ2n) is 5.60. The van der Waals surface area contributed by atoms with E-state index in [1.807, 2.05) is 6.07 Å². The smallest absolute Gasteiger partial charge is 0.319 e. The Bertz CT molecular complexity index is 804. The third kappa shape index (κ3) is 3.15. The molecule has 0 radical (unpaired) electrons. The molecule has 1 saturated heterocycles. The second kappa shape index (κ2) is 7.07. The van der Waals surface area contributed by atoms with Crippen LogP contribution < -0.4 is 4.90 Å². The van der Waals surface area contributed by atoms with Gasteiger partial charge in [-0.15, -0.1) is 0 Å². The van der Waals surface area contributed by atoms with Gasteiger partial charge in [-0.25, -0.2) is 0 Å². The Balaban J connectivity index is 2.12. The normalized spacial score (nSPS) is 20.0. The molecule has 0 bridgehead atoms. The molecule has 1 heterocycles. The number of carbonyl (C=O) groups excluding carboxylic acids is 3. The zero-order valence-electron chi connectivity index (χ0n) is 13.5. The van der Waals surface area contributed by atoms with Gasteiger partial charge in [0.05, 0.1) is 12.6 Å². The Hall–Kier alpha value is -2.66. The Kier molecular flexibility index (Phi) is 4.86. The molecule has 0 N–H and O–H groups in total. The van der Waals surface area contributed by atoms with Gasteiger partial charge in [0.25, 0.3) is 5.91 Å². The minimum absolute atomic E-state index is 0.134. The fraction of sp³-hybridized carbons (Fsp3) is 0.211. The highest BCUT2D eigenvalue weighted by Gasteiger charge is 2.53. The summed E-state index contributed by atoms with van der Waals surface area (Å²) >= 11 is 5.94. The Labute approximate surface area is 150 Å². The number of Topliss-reactive ketones (excluding diaryl/α,β-unsaturated/α-hetero) is 1. The molecule has 1 amide bonds. The van der Waals surface area contributed by atoms with Crippen molar-refractivity contribution in [3.05, 3.63) is 65.2 Å². The molecule has 25 heavy (non-hydrogen) atoms. The average Bonchev–Trinajstić information content (AvgIpc) is 2.88. The van der Waals surface area contributed by atoms with Crippen molar-refractivity contribution in [3.63, 3.8) is 0 Å². The van der Waals surface area contributed by atoms with Gasteiger partial charge in [-0.05, 0) is 36.8 Å². The minimum Gasteiger partial charge on any atom is -0.465 e. The lowest BCUT2D eigenvalue weighted by Gasteiger charge is -2.27. The number of ether oxygens (including phenoxy) is 1. The van der Waals surface area contributed by atoms with E-state index >= 15 is 0 Å². The maximum Gasteiger partial charge on any atom is 0.319 e. The van der Waals surface area contributed by atoms with Crippen LogP contribution in [0.5, 0.6) is 0 Å². The summed E-state index contributed by atoms with van der Waals surface area (Å²) in [5.41, 5.74) is 1.19. The number of carbonyl (C=O) groups is 3. The summed E-state index contributed by atoms with van der Waals surface area (Å²) in [5.74, 6) is -3.38. The predicted molar refractivity (Wildman–Crippen MR) is 93.3 cm³/mol. The zero-order chi connectivity index (χ0) is 18.0. The molecule has 2 atom stereocenters. The first-order valence-corrected chi connectivity index (χ1v) is 8.27. The van der Waals surface area contributed by atoms with E-state index in [0.717, 1.165) is 0 Å². The van der Waals surface area contributed by atoms with Crippen molar-refractivity contribution in [2.75, 3.05) is 11.5 Å². The molecule has 1 aliphatic heterocycles. The van der Waals surface area contributed by atoms with Gasteiger partial charge in [-0.3, -0.25) is 19.3 Å². The van der Waals surface area contributed by atoms with Gasteiger partial charge in [-0.1, -0.05) is 41.9 Å². The first kappa shape index (κ1) is 17.2. The number of hydrogen-bond donors (Lipinski definition) is 0. The fourth-order valence-corrected chi connectivity index (χ4v) is 3.13. The molecular weight excluding hydrogens is 342 g/mol. The third-order valence-electron chi connectivity index (χ3n) is 4.09.